The Morgan fingerprint density at radius 1 is 1.27 bits per heavy atom. The molecule has 0 saturated heterocycles. The molecule has 15 heavy (non-hydrogen) atoms. The summed E-state index contributed by atoms with van der Waals surface area (Å²) in [5.41, 5.74) is 4.99. The van der Waals surface area contributed by atoms with Crippen molar-refractivity contribution in [1.82, 2.24) is 0 Å². The summed E-state index contributed by atoms with van der Waals surface area (Å²) in [6.07, 6.45) is 3.30. The van der Waals surface area contributed by atoms with Gasteiger partial charge in [0, 0.05) is 12.8 Å². The fourth-order valence-corrected chi connectivity index (χ4v) is 1.37. The summed E-state index contributed by atoms with van der Waals surface area (Å²) < 4.78 is 0. The Labute approximate surface area is 90.8 Å². The second-order valence-corrected chi connectivity index (χ2v) is 4.19. The molecule has 0 aromatic carbocycles. The number of hydrogen-bond acceptors (Lipinski definition) is 3. The van der Waals surface area contributed by atoms with Crippen LogP contribution in [0.5, 0.6) is 0 Å². The first kappa shape index (κ1) is 14.1. The third-order valence-corrected chi connectivity index (χ3v) is 2.48. The standard InChI is InChI=1S/C11H21NO3/c1-3-4-6-9(13)11(2,12)8-5-7-10(14)15/h3-8,12H2,1-2H3,(H,14,15). The van der Waals surface area contributed by atoms with Crippen molar-refractivity contribution in [3.63, 3.8) is 0 Å². The fraction of sp³-hybridized carbons (Fsp3) is 0.818. The minimum atomic E-state index is -0.857. The SMILES string of the molecule is CCCCC(=O)C(C)(N)CCCC(=O)O. The molecule has 0 aromatic heterocycles. The van der Waals surface area contributed by atoms with Crippen molar-refractivity contribution in [2.24, 2.45) is 5.73 Å². The lowest BCUT2D eigenvalue weighted by Gasteiger charge is -2.22. The van der Waals surface area contributed by atoms with E-state index in [-0.39, 0.29) is 12.2 Å². The van der Waals surface area contributed by atoms with E-state index in [4.69, 9.17) is 10.8 Å². The van der Waals surface area contributed by atoms with Gasteiger partial charge in [-0.25, -0.2) is 0 Å². The molecule has 0 fully saturated rings. The molecular weight excluding hydrogens is 194 g/mol. The highest BCUT2D eigenvalue weighted by Gasteiger charge is 2.26. The summed E-state index contributed by atoms with van der Waals surface area (Å²) in [4.78, 5) is 21.9. The predicted molar refractivity (Wildman–Crippen MR) is 58.6 cm³/mol. The monoisotopic (exact) mass is 215 g/mol. The molecule has 0 spiro atoms. The normalized spacial score (nSPS) is 14.6. The molecule has 0 radical (unpaired) electrons. The van der Waals surface area contributed by atoms with Crippen LogP contribution in [-0.2, 0) is 9.59 Å². The van der Waals surface area contributed by atoms with E-state index in [0.29, 0.717) is 19.3 Å². The summed E-state index contributed by atoms with van der Waals surface area (Å²) in [6.45, 7) is 3.71. The van der Waals surface area contributed by atoms with Gasteiger partial charge in [-0.1, -0.05) is 13.3 Å². The Morgan fingerprint density at radius 2 is 1.87 bits per heavy atom. The molecule has 0 aliphatic carbocycles. The number of carbonyl (C=O) groups excluding carboxylic acids is 1. The van der Waals surface area contributed by atoms with Crippen LogP contribution in [-0.4, -0.2) is 22.4 Å². The third-order valence-electron chi connectivity index (χ3n) is 2.48. The number of ketones is 1. The number of unbranched alkanes of at least 4 members (excludes halogenated alkanes) is 1. The van der Waals surface area contributed by atoms with Crippen molar-refractivity contribution in [3.8, 4) is 0 Å². The van der Waals surface area contributed by atoms with Gasteiger partial charge in [-0.05, 0) is 26.2 Å². The van der Waals surface area contributed by atoms with Gasteiger partial charge in [0.2, 0.25) is 0 Å². The highest BCUT2D eigenvalue weighted by atomic mass is 16.4. The molecule has 0 bridgehead atoms. The van der Waals surface area contributed by atoms with E-state index in [0.717, 1.165) is 12.8 Å². The van der Waals surface area contributed by atoms with Gasteiger partial charge in [-0.3, -0.25) is 9.59 Å². The Kier molecular flexibility index (Phi) is 6.17. The van der Waals surface area contributed by atoms with Crippen LogP contribution in [0.4, 0.5) is 0 Å². The molecule has 1 unspecified atom stereocenters. The van der Waals surface area contributed by atoms with E-state index in [2.05, 4.69) is 0 Å². The fourth-order valence-electron chi connectivity index (χ4n) is 1.37. The van der Waals surface area contributed by atoms with Crippen LogP contribution in [0.15, 0.2) is 0 Å². The molecule has 4 nitrogen and oxygen atoms in total. The van der Waals surface area contributed by atoms with Gasteiger partial charge in [0.25, 0.3) is 0 Å². The second kappa shape index (κ2) is 6.56. The molecule has 0 amide bonds. The number of nitrogens with two attached hydrogens (primary N) is 1. The molecule has 0 saturated carbocycles. The van der Waals surface area contributed by atoms with E-state index in [1.54, 1.807) is 6.92 Å². The first-order valence-corrected chi connectivity index (χ1v) is 5.44. The van der Waals surface area contributed by atoms with Gasteiger partial charge in [-0.15, -0.1) is 0 Å². The van der Waals surface area contributed by atoms with Crippen LogP contribution in [0, 0.1) is 0 Å². The number of carboxylic acid groups (broad SMARTS) is 1. The lowest BCUT2D eigenvalue weighted by atomic mass is 9.88. The van der Waals surface area contributed by atoms with Crippen molar-refractivity contribution in [1.29, 1.82) is 0 Å². The van der Waals surface area contributed by atoms with Crippen molar-refractivity contribution in [2.75, 3.05) is 0 Å². The lowest BCUT2D eigenvalue weighted by molar-refractivity contribution is -0.137. The summed E-state index contributed by atoms with van der Waals surface area (Å²) in [5, 5.41) is 8.46. The van der Waals surface area contributed by atoms with E-state index in [1.807, 2.05) is 6.92 Å². The second-order valence-electron chi connectivity index (χ2n) is 4.19. The Hall–Kier alpha value is -0.900. The van der Waals surface area contributed by atoms with E-state index >= 15 is 0 Å². The number of carboxylic acids is 1. The van der Waals surface area contributed by atoms with E-state index < -0.39 is 11.5 Å². The Balaban J connectivity index is 3.93. The molecule has 1 atom stereocenters. The number of Topliss-reactive ketones (excluding diaryl/α,β-unsaturated/α-hetero) is 1. The van der Waals surface area contributed by atoms with Crippen LogP contribution >= 0.6 is 0 Å². The number of rotatable bonds is 8. The van der Waals surface area contributed by atoms with Gasteiger partial charge in [0.15, 0.2) is 5.78 Å². The topological polar surface area (TPSA) is 80.4 Å². The van der Waals surface area contributed by atoms with Gasteiger partial charge < -0.3 is 10.8 Å². The number of hydrogen-bond donors (Lipinski definition) is 2. The first-order chi connectivity index (χ1) is 6.90. The van der Waals surface area contributed by atoms with E-state index in [9.17, 15) is 9.59 Å². The van der Waals surface area contributed by atoms with Crippen LogP contribution < -0.4 is 5.73 Å². The van der Waals surface area contributed by atoms with Gasteiger partial charge in [0.1, 0.15) is 0 Å². The predicted octanol–water partition coefficient (Wildman–Crippen LogP) is 1.72. The average molecular weight is 215 g/mol. The summed E-state index contributed by atoms with van der Waals surface area (Å²) >= 11 is 0. The molecule has 3 N–H and O–H groups in total. The Bertz CT molecular complexity index is 224. The summed E-state index contributed by atoms with van der Waals surface area (Å²) in [5.74, 6) is -0.804. The smallest absolute Gasteiger partial charge is 0.303 e. The minimum Gasteiger partial charge on any atom is -0.481 e. The molecule has 4 heteroatoms. The quantitative estimate of drug-likeness (QED) is 0.646. The van der Waals surface area contributed by atoms with Crippen molar-refractivity contribution >= 4 is 11.8 Å². The molecule has 0 aliphatic heterocycles. The van der Waals surface area contributed by atoms with Crippen LogP contribution in [0.2, 0.25) is 0 Å². The van der Waals surface area contributed by atoms with Crippen molar-refractivity contribution in [2.45, 2.75) is 57.9 Å². The van der Waals surface area contributed by atoms with Crippen LogP contribution in [0.3, 0.4) is 0 Å². The summed E-state index contributed by atoms with van der Waals surface area (Å²) in [7, 11) is 0. The number of aliphatic carboxylic acids is 1. The third kappa shape index (κ3) is 6.23. The van der Waals surface area contributed by atoms with E-state index in [1.165, 1.54) is 0 Å². The molecule has 88 valence electrons. The Morgan fingerprint density at radius 3 is 2.33 bits per heavy atom. The minimum absolute atomic E-state index is 0.0368. The zero-order valence-electron chi connectivity index (χ0n) is 9.58. The molecule has 0 aromatic rings. The maximum Gasteiger partial charge on any atom is 0.303 e. The molecular formula is C11H21NO3. The molecule has 0 aliphatic rings. The van der Waals surface area contributed by atoms with Crippen molar-refractivity contribution in [3.05, 3.63) is 0 Å². The maximum atomic E-state index is 11.6. The molecule has 0 heterocycles. The highest BCUT2D eigenvalue weighted by molar-refractivity contribution is 5.87. The zero-order valence-corrected chi connectivity index (χ0v) is 9.58. The average Bonchev–Trinajstić information content (AvgIpc) is 2.13. The lowest BCUT2D eigenvalue weighted by Crippen LogP contribution is -2.44. The maximum absolute atomic E-state index is 11.6. The number of carbonyl (C=O) groups is 2. The molecule has 0 rings (SSSR count). The van der Waals surface area contributed by atoms with Crippen LogP contribution in [0.1, 0.15) is 52.4 Å². The first-order valence-electron chi connectivity index (χ1n) is 5.44. The van der Waals surface area contributed by atoms with Gasteiger partial charge in [-0.2, -0.15) is 0 Å². The van der Waals surface area contributed by atoms with Crippen LogP contribution in [0.25, 0.3) is 0 Å². The van der Waals surface area contributed by atoms with Gasteiger partial charge in [0.05, 0.1) is 5.54 Å². The largest absolute Gasteiger partial charge is 0.481 e. The zero-order chi connectivity index (χ0) is 11.9. The van der Waals surface area contributed by atoms with Crippen molar-refractivity contribution < 1.29 is 14.7 Å². The summed E-state index contributed by atoms with van der Waals surface area (Å²) in [6, 6.07) is 0. The van der Waals surface area contributed by atoms with Gasteiger partial charge >= 0.3 is 5.97 Å². The highest BCUT2D eigenvalue weighted by Crippen LogP contribution is 2.15.